The van der Waals surface area contributed by atoms with Crippen LogP contribution in [0.25, 0.3) is 11.3 Å². The van der Waals surface area contributed by atoms with Crippen molar-refractivity contribution in [3.8, 4) is 17.1 Å². The molecule has 2 aromatic rings. The summed E-state index contributed by atoms with van der Waals surface area (Å²) in [7, 11) is 1.47. The number of hydrogen-bond acceptors (Lipinski definition) is 4. The van der Waals surface area contributed by atoms with Crippen molar-refractivity contribution in [1.29, 1.82) is 0 Å². The van der Waals surface area contributed by atoms with E-state index in [4.69, 9.17) is 19.4 Å². The maximum Gasteiger partial charge on any atom is 0.340 e. The second-order valence-corrected chi connectivity index (χ2v) is 3.70. The normalized spacial score (nSPS) is 10.2. The second kappa shape index (κ2) is 4.85. The molecule has 0 radical (unpaired) electrons. The monoisotopic (exact) mass is 262 g/mol. The van der Waals surface area contributed by atoms with Crippen molar-refractivity contribution >= 4 is 11.9 Å². The van der Waals surface area contributed by atoms with E-state index in [0.29, 0.717) is 11.3 Å². The van der Waals surface area contributed by atoms with Crippen molar-refractivity contribution in [2.24, 2.45) is 0 Å². The highest BCUT2D eigenvalue weighted by molar-refractivity contribution is 6.05. The standard InChI is InChI=1S/C13H10O6/c1-18-8-4-2-3-7(5-8)11-10(13(16)17)9(6-19-11)12(14)15/h2-6H,1H3,(H,14,15)(H,16,17). The van der Waals surface area contributed by atoms with Gasteiger partial charge in [-0.25, -0.2) is 9.59 Å². The molecule has 19 heavy (non-hydrogen) atoms. The number of hydrogen-bond donors (Lipinski definition) is 2. The number of furan rings is 1. The van der Waals surface area contributed by atoms with Crippen LogP contribution in [0.15, 0.2) is 34.9 Å². The molecule has 2 rings (SSSR count). The van der Waals surface area contributed by atoms with Gasteiger partial charge in [0.1, 0.15) is 28.9 Å². The van der Waals surface area contributed by atoms with Gasteiger partial charge in [0.2, 0.25) is 0 Å². The average Bonchev–Trinajstić information content (AvgIpc) is 2.83. The van der Waals surface area contributed by atoms with Crippen LogP contribution in [0.1, 0.15) is 20.7 Å². The van der Waals surface area contributed by atoms with Gasteiger partial charge in [0.25, 0.3) is 0 Å². The second-order valence-electron chi connectivity index (χ2n) is 3.70. The molecule has 0 saturated carbocycles. The van der Waals surface area contributed by atoms with Crippen LogP contribution in [0.2, 0.25) is 0 Å². The molecule has 0 bridgehead atoms. The molecule has 0 fully saturated rings. The number of aromatic carboxylic acids is 2. The van der Waals surface area contributed by atoms with Crippen LogP contribution >= 0.6 is 0 Å². The molecular formula is C13H10O6. The lowest BCUT2D eigenvalue weighted by molar-refractivity contribution is 0.0653. The molecule has 6 heteroatoms. The zero-order valence-corrected chi connectivity index (χ0v) is 9.91. The first-order chi connectivity index (χ1) is 9.04. The summed E-state index contributed by atoms with van der Waals surface area (Å²) in [5.41, 5.74) is -0.324. The predicted molar refractivity (Wildman–Crippen MR) is 64.6 cm³/mol. The quantitative estimate of drug-likeness (QED) is 0.877. The van der Waals surface area contributed by atoms with Gasteiger partial charge in [-0.2, -0.15) is 0 Å². The van der Waals surface area contributed by atoms with Crippen LogP contribution < -0.4 is 4.74 Å². The summed E-state index contributed by atoms with van der Waals surface area (Å²) in [6.07, 6.45) is 0.917. The lowest BCUT2D eigenvalue weighted by atomic mass is 10.1. The van der Waals surface area contributed by atoms with Gasteiger partial charge in [0.15, 0.2) is 0 Å². The van der Waals surface area contributed by atoms with Gasteiger partial charge in [-0.05, 0) is 12.1 Å². The number of carboxylic acid groups (broad SMARTS) is 2. The largest absolute Gasteiger partial charge is 0.497 e. The molecular weight excluding hydrogens is 252 g/mol. The summed E-state index contributed by atoms with van der Waals surface area (Å²) < 4.78 is 10.1. The molecule has 6 nitrogen and oxygen atoms in total. The number of methoxy groups -OCH3 is 1. The smallest absolute Gasteiger partial charge is 0.340 e. The topological polar surface area (TPSA) is 97.0 Å². The molecule has 0 amide bonds. The Hall–Kier alpha value is -2.76. The summed E-state index contributed by atoms with van der Waals surface area (Å²) in [6, 6.07) is 6.52. The van der Waals surface area contributed by atoms with E-state index in [1.54, 1.807) is 24.3 Å². The molecule has 0 unspecified atom stereocenters. The molecule has 2 N–H and O–H groups in total. The molecule has 0 saturated heterocycles. The van der Waals surface area contributed by atoms with Crippen LogP contribution in [0.4, 0.5) is 0 Å². The molecule has 0 aliphatic heterocycles. The predicted octanol–water partition coefficient (Wildman–Crippen LogP) is 2.35. The minimum Gasteiger partial charge on any atom is -0.497 e. The van der Waals surface area contributed by atoms with E-state index < -0.39 is 11.9 Å². The van der Waals surface area contributed by atoms with Gasteiger partial charge in [0.05, 0.1) is 7.11 Å². The number of ether oxygens (including phenoxy) is 1. The van der Waals surface area contributed by atoms with Gasteiger partial charge >= 0.3 is 11.9 Å². The third kappa shape index (κ3) is 2.28. The lowest BCUT2D eigenvalue weighted by Crippen LogP contribution is -2.05. The van der Waals surface area contributed by atoms with E-state index >= 15 is 0 Å². The van der Waals surface area contributed by atoms with Gasteiger partial charge in [0, 0.05) is 5.56 Å². The SMILES string of the molecule is COc1cccc(-c2occ(C(=O)O)c2C(=O)O)c1. The van der Waals surface area contributed by atoms with Crippen LogP contribution in [-0.2, 0) is 0 Å². The summed E-state index contributed by atoms with van der Waals surface area (Å²) in [5.74, 6) is -2.20. The average molecular weight is 262 g/mol. The van der Waals surface area contributed by atoms with Crippen molar-refractivity contribution in [2.45, 2.75) is 0 Å². The highest BCUT2D eigenvalue weighted by Gasteiger charge is 2.25. The lowest BCUT2D eigenvalue weighted by Gasteiger charge is -2.03. The van der Waals surface area contributed by atoms with Gasteiger partial charge < -0.3 is 19.4 Å². The van der Waals surface area contributed by atoms with Crippen molar-refractivity contribution in [3.63, 3.8) is 0 Å². The molecule has 0 atom stereocenters. The zero-order chi connectivity index (χ0) is 14.0. The Labute approximate surface area is 107 Å². The minimum atomic E-state index is -1.36. The Kier molecular flexibility index (Phi) is 3.24. The van der Waals surface area contributed by atoms with E-state index in [9.17, 15) is 9.59 Å². The highest BCUT2D eigenvalue weighted by Crippen LogP contribution is 2.30. The van der Waals surface area contributed by atoms with Gasteiger partial charge in [-0.15, -0.1) is 0 Å². The Balaban J connectivity index is 2.62. The summed E-state index contributed by atoms with van der Waals surface area (Å²) in [6.45, 7) is 0. The molecule has 1 heterocycles. The third-order valence-corrected chi connectivity index (χ3v) is 2.57. The van der Waals surface area contributed by atoms with Crippen LogP contribution in [0.5, 0.6) is 5.75 Å². The molecule has 98 valence electrons. The molecule has 0 aliphatic rings. The Morgan fingerprint density at radius 1 is 1.21 bits per heavy atom. The van der Waals surface area contributed by atoms with Gasteiger partial charge in [-0.3, -0.25) is 0 Å². The molecule has 0 aliphatic carbocycles. The number of carboxylic acids is 2. The summed E-state index contributed by atoms with van der Waals surface area (Å²) >= 11 is 0. The Morgan fingerprint density at radius 2 is 1.95 bits per heavy atom. The van der Waals surface area contributed by atoms with E-state index in [1.165, 1.54) is 7.11 Å². The number of carbonyl (C=O) groups is 2. The molecule has 1 aromatic carbocycles. The highest BCUT2D eigenvalue weighted by atomic mass is 16.5. The zero-order valence-electron chi connectivity index (χ0n) is 9.91. The number of rotatable bonds is 4. The van der Waals surface area contributed by atoms with Crippen molar-refractivity contribution in [2.75, 3.05) is 7.11 Å². The molecule has 1 aromatic heterocycles. The van der Waals surface area contributed by atoms with E-state index in [1.807, 2.05) is 0 Å². The first kappa shape index (κ1) is 12.7. The van der Waals surface area contributed by atoms with Crippen molar-refractivity contribution in [3.05, 3.63) is 41.7 Å². The summed E-state index contributed by atoms with van der Waals surface area (Å²) in [4.78, 5) is 22.1. The Bertz CT molecular complexity index is 640. The van der Waals surface area contributed by atoms with Crippen molar-refractivity contribution < 1.29 is 29.0 Å². The maximum absolute atomic E-state index is 11.2. The fraction of sp³-hybridized carbons (Fsp3) is 0.0769. The van der Waals surface area contributed by atoms with Crippen LogP contribution in [0, 0.1) is 0 Å². The van der Waals surface area contributed by atoms with E-state index in [2.05, 4.69) is 0 Å². The van der Waals surface area contributed by atoms with E-state index in [-0.39, 0.29) is 16.9 Å². The Morgan fingerprint density at radius 3 is 2.53 bits per heavy atom. The maximum atomic E-state index is 11.2. The fourth-order valence-corrected chi connectivity index (χ4v) is 1.70. The fourth-order valence-electron chi connectivity index (χ4n) is 1.70. The molecule has 0 spiro atoms. The third-order valence-electron chi connectivity index (χ3n) is 2.57. The number of benzene rings is 1. The van der Waals surface area contributed by atoms with Crippen molar-refractivity contribution in [1.82, 2.24) is 0 Å². The minimum absolute atomic E-state index is 0.0104. The van der Waals surface area contributed by atoms with Crippen LogP contribution in [-0.4, -0.2) is 29.3 Å². The summed E-state index contributed by atoms with van der Waals surface area (Å²) in [5, 5.41) is 18.0. The first-order valence-electron chi connectivity index (χ1n) is 5.27. The van der Waals surface area contributed by atoms with Crippen LogP contribution in [0.3, 0.4) is 0 Å². The first-order valence-corrected chi connectivity index (χ1v) is 5.27. The van der Waals surface area contributed by atoms with E-state index in [0.717, 1.165) is 6.26 Å². The van der Waals surface area contributed by atoms with Gasteiger partial charge in [-0.1, -0.05) is 12.1 Å².